The van der Waals surface area contributed by atoms with Gasteiger partial charge < -0.3 is 0 Å². The molecule has 1 fully saturated rings. The molecule has 0 aromatic heterocycles. The fraction of sp³-hybridized carbons (Fsp3) is 0.212. The van der Waals surface area contributed by atoms with Crippen LogP contribution >= 0.6 is 6.83 Å². The van der Waals surface area contributed by atoms with E-state index in [0.29, 0.717) is 15.9 Å². The van der Waals surface area contributed by atoms with Gasteiger partial charge in [0, 0.05) is 0 Å². The third kappa shape index (κ3) is 5.38. The van der Waals surface area contributed by atoms with Gasteiger partial charge in [0.15, 0.2) is 0 Å². The molecule has 2 N–H and O–H groups in total. The van der Waals surface area contributed by atoms with Crippen molar-refractivity contribution in [1.29, 1.82) is 0 Å². The van der Waals surface area contributed by atoms with Crippen molar-refractivity contribution in [2.45, 2.75) is 30.7 Å². The minimum atomic E-state index is -4.57. The van der Waals surface area contributed by atoms with Gasteiger partial charge in [0.05, 0.1) is 0 Å². The monoisotopic (exact) mass is 604 g/mol. The Bertz CT molecular complexity index is 1520. The van der Waals surface area contributed by atoms with Crippen LogP contribution in [0.25, 0.3) is 0 Å². The summed E-state index contributed by atoms with van der Waals surface area (Å²) in [6, 6.07) is 37.6. The van der Waals surface area contributed by atoms with Gasteiger partial charge in [-0.2, -0.15) is 0 Å². The van der Waals surface area contributed by atoms with Crippen molar-refractivity contribution in [1.82, 2.24) is 0 Å². The summed E-state index contributed by atoms with van der Waals surface area (Å²) in [5.41, 5.74) is 0.859. The Hall–Kier alpha value is -3.84. The number of carbonyl (C=O) groups is 2. The number of hydrogen-bond donors (Lipinski definition) is 2. The van der Waals surface area contributed by atoms with Gasteiger partial charge in [0.1, 0.15) is 0 Å². The molecule has 7 nitrogen and oxygen atoms in total. The van der Waals surface area contributed by atoms with Crippen molar-refractivity contribution < 1.29 is 32.2 Å². The van der Waals surface area contributed by atoms with Gasteiger partial charge in [-0.1, -0.05) is 0 Å². The molecule has 2 atom stereocenters. The van der Waals surface area contributed by atoms with Crippen molar-refractivity contribution in [2.24, 2.45) is 11.8 Å². The summed E-state index contributed by atoms with van der Waals surface area (Å²) >= 11 is 0. The van der Waals surface area contributed by atoms with E-state index in [1.165, 1.54) is 0 Å². The molecule has 0 spiro atoms. The van der Waals surface area contributed by atoms with E-state index in [0.717, 1.165) is 5.56 Å². The van der Waals surface area contributed by atoms with Crippen molar-refractivity contribution in [2.75, 3.05) is 0 Å². The third-order valence-corrected chi connectivity index (χ3v) is 16.8. The van der Waals surface area contributed by atoms with Gasteiger partial charge in [-0.25, -0.2) is 0 Å². The Kier molecular flexibility index (Phi) is 8.33. The van der Waals surface area contributed by atoms with Crippen LogP contribution < -0.4 is 15.9 Å². The van der Waals surface area contributed by atoms with E-state index in [1.807, 2.05) is 121 Å². The summed E-state index contributed by atoms with van der Waals surface area (Å²) in [6.45, 7) is -4.45. The normalized spacial score (nSPS) is 20.2. The van der Waals surface area contributed by atoms with E-state index < -0.39 is 46.0 Å². The maximum atomic E-state index is 14.7. The molecule has 9 heteroatoms. The molecule has 2 unspecified atom stereocenters. The van der Waals surface area contributed by atoms with Gasteiger partial charge in [0.2, 0.25) is 0 Å². The second-order valence-corrected chi connectivity index (χ2v) is 17.4. The van der Waals surface area contributed by atoms with E-state index in [-0.39, 0.29) is 25.4 Å². The standard InChI is InChI=1S/C33H33O7PS/c34-32(35)26-21-27(33(36)37)23-31(22-26)42(38,39)40-41(28-15-7-2-8-16-28,29-17-9-3-10-18-29,30-19-11-4-12-20-30)24-25-13-5-1-6-14-25/h1-20,26-27,31H,21-24H2,(H,34,35)(H,36,37). The minimum absolute atomic E-state index is 0.125. The van der Waals surface area contributed by atoms with E-state index >= 15 is 0 Å². The topological polar surface area (TPSA) is 118 Å². The summed E-state index contributed by atoms with van der Waals surface area (Å²) < 4.78 is 36.2. The van der Waals surface area contributed by atoms with Gasteiger partial charge in [-0.15, -0.1) is 0 Å². The number of carboxylic acids is 2. The average Bonchev–Trinajstić information content (AvgIpc) is 3.02. The first-order valence-electron chi connectivity index (χ1n) is 13.8. The molecule has 0 amide bonds. The Morgan fingerprint density at radius 3 is 1.33 bits per heavy atom. The third-order valence-electron chi connectivity index (χ3n) is 8.27. The number of benzene rings is 4. The molecule has 4 aromatic carbocycles. The van der Waals surface area contributed by atoms with E-state index in [2.05, 4.69) is 0 Å². The Labute approximate surface area is 245 Å². The fourth-order valence-corrected chi connectivity index (χ4v) is 15.5. The summed E-state index contributed by atoms with van der Waals surface area (Å²) in [7, 11) is -4.57. The van der Waals surface area contributed by atoms with E-state index in [9.17, 15) is 28.2 Å². The number of rotatable bonds is 10. The molecule has 42 heavy (non-hydrogen) atoms. The van der Waals surface area contributed by atoms with Gasteiger partial charge in [-0.05, 0) is 0 Å². The molecule has 5 rings (SSSR count). The van der Waals surface area contributed by atoms with Crippen LogP contribution in [0.1, 0.15) is 24.8 Å². The van der Waals surface area contributed by atoms with Gasteiger partial charge in [0.25, 0.3) is 0 Å². The molecular formula is C33H33O7PS. The molecule has 4 aromatic rings. The zero-order valence-corrected chi connectivity index (χ0v) is 24.6. The number of carboxylic acid groups (broad SMARTS) is 2. The maximum absolute atomic E-state index is 14.7. The first-order valence-corrected chi connectivity index (χ1v) is 17.6. The fourth-order valence-electron chi connectivity index (χ4n) is 6.23. The number of hydrogen-bond acceptors (Lipinski definition) is 5. The molecule has 1 aliphatic rings. The molecule has 0 heterocycles. The summed E-state index contributed by atoms with van der Waals surface area (Å²) in [5.74, 6) is -4.66. The molecular weight excluding hydrogens is 571 g/mol. The van der Waals surface area contributed by atoms with Crippen LogP contribution in [-0.2, 0) is 29.8 Å². The first kappa shape index (κ1) is 29.6. The molecule has 1 saturated carbocycles. The molecule has 0 bridgehead atoms. The van der Waals surface area contributed by atoms with Crippen LogP contribution in [0.5, 0.6) is 0 Å². The molecule has 0 radical (unpaired) electrons. The van der Waals surface area contributed by atoms with Crippen molar-refractivity contribution in [3.63, 3.8) is 0 Å². The van der Waals surface area contributed by atoms with Crippen molar-refractivity contribution in [3.05, 3.63) is 127 Å². The SMILES string of the molecule is O=C(O)C1CC(C(=O)O)CC(S(=O)(=O)OP(Cc2ccccc2)(c2ccccc2)(c2ccccc2)c2ccccc2)C1. The van der Waals surface area contributed by atoms with Gasteiger partial charge >= 0.3 is 246 Å². The molecule has 0 aliphatic heterocycles. The van der Waals surface area contributed by atoms with Gasteiger partial charge in [-0.3, -0.25) is 0 Å². The molecule has 1 aliphatic carbocycles. The summed E-state index contributed by atoms with van der Waals surface area (Å²) in [5, 5.41) is 20.4. The zero-order chi connectivity index (χ0) is 29.8. The Balaban J connectivity index is 1.83. The predicted octanol–water partition coefficient (Wildman–Crippen LogP) is 4.93. The van der Waals surface area contributed by atoms with Crippen LogP contribution in [0.15, 0.2) is 121 Å². The van der Waals surface area contributed by atoms with E-state index in [1.54, 1.807) is 0 Å². The van der Waals surface area contributed by atoms with Crippen molar-refractivity contribution >= 4 is 44.8 Å². The van der Waals surface area contributed by atoms with Crippen LogP contribution in [0.2, 0.25) is 0 Å². The Morgan fingerprint density at radius 2 is 0.976 bits per heavy atom. The van der Waals surface area contributed by atoms with Crippen LogP contribution in [-0.4, -0.2) is 35.8 Å². The number of aliphatic carboxylic acids is 2. The molecule has 0 saturated heterocycles. The zero-order valence-electron chi connectivity index (χ0n) is 22.9. The second kappa shape index (κ2) is 11.8. The first-order chi connectivity index (χ1) is 20.1. The average molecular weight is 605 g/mol. The van der Waals surface area contributed by atoms with Crippen LogP contribution in [0, 0.1) is 11.8 Å². The molecule has 218 valence electrons. The second-order valence-electron chi connectivity index (χ2n) is 10.8. The Morgan fingerprint density at radius 1 is 0.619 bits per heavy atom. The summed E-state index contributed by atoms with van der Waals surface area (Å²) in [6.07, 6.45) is -0.364. The predicted molar refractivity (Wildman–Crippen MR) is 165 cm³/mol. The van der Waals surface area contributed by atoms with Crippen LogP contribution in [0.4, 0.5) is 0 Å². The van der Waals surface area contributed by atoms with E-state index in [4.69, 9.17) is 3.97 Å². The van der Waals surface area contributed by atoms with Crippen molar-refractivity contribution in [3.8, 4) is 0 Å². The summed E-state index contributed by atoms with van der Waals surface area (Å²) in [4.78, 5) is 24.1. The van der Waals surface area contributed by atoms with Crippen LogP contribution in [0.3, 0.4) is 0 Å². The quantitative estimate of drug-likeness (QED) is 0.247.